The molecule has 3 aromatic rings. The van der Waals surface area contributed by atoms with Crippen LogP contribution in [0.3, 0.4) is 0 Å². The SMILES string of the molecule is CC(C)c1oc(=O)oc1COC(=O)NCCC[C@@H](Cc1ncn2c1CCc1ccccc1-2)C(=O)O. The molecule has 0 unspecified atom stereocenters. The molecule has 1 amide bonds. The molecule has 10 nitrogen and oxygen atoms in total. The summed E-state index contributed by atoms with van der Waals surface area (Å²) in [5.41, 5.74) is 4.22. The lowest BCUT2D eigenvalue weighted by Gasteiger charge is -2.20. The number of alkyl carbamates (subject to hydrolysis) is 1. The number of aliphatic carboxylic acids is 1. The van der Waals surface area contributed by atoms with Gasteiger partial charge in [-0.3, -0.25) is 4.79 Å². The van der Waals surface area contributed by atoms with Gasteiger partial charge in [0.05, 0.1) is 17.9 Å². The van der Waals surface area contributed by atoms with Gasteiger partial charge in [-0.15, -0.1) is 0 Å². The Hall–Kier alpha value is -3.82. The first kappa shape index (κ1) is 24.3. The fourth-order valence-electron chi connectivity index (χ4n) is 4.39. The van der Waals surface area contributed by atoms with E-state index < -0.39 is 23.8 Å². The molecule has 1 aromatic carbocycles. The predicted octanol–water partition coefficient (Wildman–Crippen LogP) is 3.59. The molecule has 0 spiro atoms. The number of imidazole rings is 1. The van der Waals surface area contributed by atoms with E-state index in [-0.39, 0.29) is 24.8 Å². The normalized spacial score (nSPS) is 13.2. The summed E-state index contributed by atoms with van der Waals surface area (Å²) in [5.74, 6) is -1.91. The third-order valence-corrected chi connectivity index (χ3v) is 6.16. The first-order valence-electron chi connectivity index (χ1n) is 11.7. The zero-order valence-corrected chi connectivity index (χ0v) is 19.8. The molecule has 0 fully saturated rings. The zero-order chi connectivity index (χ0) is 24.9. The number of hydrogen-bond donors (Lipinski definition) is 2. The molecule has 35 heavy (non-hydrogen) atoms. The molecule has 0 aliphatic carbocycles. The van der Waals surface area contributed by atoms with Gasteiger partial charge in [0, 0.05) is 30.3 Å². The zero-order valence-electron chi connectivity index (χ0n) is 19.8. The van der Waals surface area contributed by atoms with Crippen LogP contribution in [0, 0.1) is 5.92 Å². The summed E-state index contributed by atoms with van der Waals surface area (Å²) in [5, 5.41) is 12.3. The van der Waals surface area contributed by atoms with Gasteiger partial charge in [0.15, 0.2) is 18.1 Å². The van der Waals surface area contributed by atoms with E-state index in [0.717, 1.165) is 29.9 Å². The molecule has 0 bridgehead atoms. The first-order chi connectivity index (χ1) is 16.8. The third kappa shape index (κ3) is 5.64. The van der Waals surface area contributed by atoms with Gasteiger partial charge in [-0.05, 0) is 37.3 Å². The van der Waals surface area contributed by atoms with Crippen molar-refractivity contribution in [2.45, 2.75) is 58.5 Å². The van der Waals surface area contributed by atoms with Gasteiger partial charge in [-0.25, -0.2) is 14.6 Å². The second-order valence-electron chi connectivity index (χ2n) is 8.92. The lowest BCUT2D eigenvalue weighted by Crippen LogP contribution is -2.26. The summed E-state index contributed by atoms with van der Waals surface area (Å²) >= 11 is 0. The number of nitrogens with zero attached hydrogens (tertiary/aromatic N) is 2. The molecule has 3 heterocycles. The molecule has 10 heteroatoms. The molecule has 186 valence electrons. The minimum atomic E-state index is -0.887. The van der Waals surface area contributed by atoms with Crippen molar-refractivity contribution in [2.24, 2.45) is 5.92 Å². The quantitative estimate of drug-likeness (QED) is 0.418. The molecular weight excluding hydrogens is 454 g/mol. The Morgan fingerprint density at radius 3 is 2.80 bits per heavy atom. The number of carboxylic acids is 1. The van der Waals surface area contributed by atoms with Crippen LogP contribution in [0.2, 0.25) is 0 Å². The fourth-order valence-corrected chi connectivity index (χ4v) is 4.39. The lowest BCUT2D eigenvalue weighted by atomic mass is 9.94. The number of hydrogen-bond acceptors (Lipinski definition) is 7. The van der Waals surface area contributed by atoms with Crippen LogP contribution < -0.4 is 11.1 Å². The molecule has 0 saturated heterocycles. The number of carbonyl (C=O) groups is 2. The Labute approximate surface area is 201 Å². The van der Waals surface area contributed by atoms with Crippen molar-refractivity contribution < 1.29 is 28.3 Å². The van der Waals surface area contributed by atoms with E-state index in [9.17, 15) is 19.5 Å². The van der Waals surface area contributed by atoms with E-state index >= 15 is 0 Å². The Bertz CT molecular complexity index is 1250. The number of benzene rings is 1. The number of carboxylic acid groups (broad SMARTS) is 1. The molecular formula is C25H29N3O7. The number of fused-ring (bicyclic) bond motifs is 3. The van der Waals surface area contributed by atoms with Crippen LogP contribution >= 0.6 is 0 Å². The number of nitrogens with one attached hydrogen (secondary N) is 1. The lowest BCUT2D eigenvalue weighted by molar-refractivity contribution is -0.142. The Kier molecular flexibility index (Phi) is 7.38. The van der Waals surface area contributed by atoms with Gasteiger partial charge in [-0.2, -0.15) is 0 Å². The van der Waals surface area contributed by atoms with Crippen LogP contribution in [0.4, 0.5) is 4.79 Å². The minimum absolute atomic E-state index is 0.0910. The van der Waals surface area contributed by atoms with E-state index in [1.54, 1.807) is 6.33 Å². The second kappa shape index (κ2) is 10.6. The summed E-state index contributed by atoms with van der Waals surface area (Å²) in [6.45, 7) is 3.68. The monoisotopic (exact) mass is 483 g/mol. The molecule has 1 aliphatic rings. The van der Waals surface area contributed by atoms with Gasteiger partial charge < -0.3 is 28.6 Å². The Morgan fingerprint density at radius 2 is 2.03 bits per heavy atom. The van der Waals surface area contributed by atoms with E-state index in [1.807, 2.05) is 32.0 Å². The topological polar surface area (TPSA) is 137 Å². The van der Waals surface area contributed by atoms with Crippen LogP contribution in [0.25, 0.3) is 5.69 Å². The molecule has 1 aliphatic heterocycles. The fraction of sp³-hybridized carbons (Fsp3) is 0.440. The number of para-hydroxylation sites is 1. The standard InChI is InChI=1S/C25H29N3O7/c1-15(2)22-21(34-25(32)35-22)13-33-24(31)26-11-5-7-17(23(29)30)12-18-20-10-9-16-6-3-4-8-19(16)28(20)14-27-18/h3-4,6,8,14-15,17H,5,7,9-13H2,1-2H3,(H,26,31)(H,29,30)/t17-/m0/s1. The predicted molar refractivity (Wildman–Crippen MR) is 125 cm³/mol. The number of rotatable bonds is 10. The first-order valence-corrected chi connectivity index (χ1v) is 11.7. The molecule has 2 N–H and O–H groups in total. The number of aryl methyl sites for hydroxylation is 1. The molecule has 1 atom stereocenters. The van der Waals surface area contributed by atoms with Crippen molar-refractivity contribution in [2.75, 3.05) is 6.54 Å². The summed E-state index contributed by atoms with van der Waals surface area (Å²) in [4.78, 5) is 39.7. The Balaban J connectivity index is 1.26. The molecule has 0 radical (unpaired) electrons. The maximum Gasteiger partial charge on any atom is 0.519 e. The highest BCUT2D eigenvalue weighted by atomic mass is 16.6. The number of ether oxygens (including phenoxy) is 1. The van der Waals surface area contributed by atoms with Crippen molar-refractivity contribution in [3.63, 3.8) is 0 Å². The summed E-state index contributed by atoms with van der Waals surface area (Å²) in [7, 11) is 0. The molecule has 4 rings (SSSR count). The average molecular weight is 484 g/mol. The van der Waals surface area contributed by atoms with Crippen LogP contribution in [-0.4, -0.2) is 33.3 Å². The largest absolute Gasteiger partial charge is 0.519 e. The number of carbonyl (C=O) groups excluding carboxylic acids is 1. The van der Waals surface area contributed by atoms with Gasteiger partial charge in [0.25, 0.3) is 0 Å². The van der Waals surface area contributed by atoms with E-state index in [4.69, 9.17) is 13.6 Å². The smallest absolute Gasteiger partial charge is 0.481 e. The van der Waals surface area contributed by atoms with Crippen molar-refractivity contribution >= 4 is 12.1 Å². The summed E-state index contributed by atoms with van der Waals surface area (Å²) < 4.78 is 17.0. The maximum absolute atomic E-state index is 12.0. The average Bonchev–Trinajstić information content (AvgIpc) is 3.42. The van der Waals surface area contributed by atoms with Gasteiger partial charge in [-0.1, -0.05) is 32.0 Å². The summed E-state index contributed by atoms with van der Waals surface area (Å²) in [6.07, 6.45) is 3.99. The third-order valence-electron chi connectivity index (χ3n) is 6.16. The summed E-state index contributed by atoms with van der Waals surface area (Å²) in [6, 6.07) is 8.15. The van der Waals surface area contributed by atoms with Gasteiger partial charge >= 0.3 is 17.9 Å². The van der Waals surface area contributed by atoms with E-state index in [0.29, 0.717) is 25.0 Å². The minimum Gasteiger partial charge on any atom is -0.481 e. The van der Waals surface area contributed by atoms with Crippen LogP contribution in [-0.2, 0) is 35.4 Å². The van der Waals surface area contributed by atoms with Crippen molar-refractivity contribution in [3.8, 4) is 5.69 Å². The molecule has 2 aromatic heterocycles. The van der Waals surface area contributed by atoms with E-state index in [1.165, 1.54) is 5.56 Å². The Morgan fingerprint density at radius 1 is 1.23 bits per heavy atom. The number of amides is 1. The maximum atomic E-state index is 12.0. The highest BCUT2D eigenvalue weighted by Gasteiger charge is 2.25. The van der Waals surface area contributed by atoms with Crippen LogP contribution in [0.1, 0.15) is 61.1 Å². The van der Waals surface area contributed by atoms with Crippen LogP contribution in [0.5, 0.6) is 0 Å². The highest BCUT2D eigenvalue weighted by Crippen LogP contribution is 2.28. The van der Waals surface area contributed by atoms with Gasteiger partial charge in [0.1, 0.15) is 0 Å². The van der Waals surface area contributed by atoms with Crippen molar-refractivity contribution in [1.29, 1.82) is 0 Å². The van der Waals surface area contributed by atoms with Crippen LogP contribution in [0.15, 0.2) is 44.2 Å². The van der Waals surface area contributed by atoms with E-state index in [2.05, 4.69) is 20.9 Å². The van der Waals surface area contributed by atoms with Crippen molar-refractivity contribution in [1.82, 2.24) is 14.9 Å². The number of aromatic nitrogens is 2. The van der Waals surface area contributed by atoms with Crippen molar-refractivity contribution in [3.05, 3.63) is 69.7 Å². The highest BCUT2D eigenvalue weighted by molar-refractivity contribution is 5.70. The van der Waals surface area contributed by atoms with Gasteiger partial charge in [0.2, 0.25) is 0 Å². The second-order valence-corrected chi connectivity index (χ2v) is 8.92. The molecule has 0 saturated carbocycles.